The molecule has 3 rings (SSSR count). The van der Waals surface area contributed by atoms with Gasteiger partial charge in [-0.15, -0.1) is 12.4 Å². The quantitative estimate of drug-likeness (QED) is 0.879. The van der Waals surface area contributed by atoms with E-state index in [1.165, 1.54) is 0 Å². The van der Waals surface area contributed by atoms with Crippen LogP contribution in [0.2, 0.25) is 0 Å². The average molecular weight is 260 g/mol. The maximum absolute atomic E-state index is 5.88. The van der Waals surface area contributed by atoms with E-state index >= 15 is 0 Å². The molecule has 1 aromatic heterocycles. The van der Waals surface area contributed by atoms with Crippen LogP contribution < -0.4 is 5.73 Å². The summed E-state index contributed by atoms with van der Waals surface area (Å²) in [5, 5.41) is 4.02. The number of hydrogen-bond acceptors (Lipinski definition) is 5. The summed E-state index contributed by atoms with van der Waals surface area (Å²) in [6.45, 7) is 0.808. The fraction of sp³-hybridized carbons (Fsp3) is 0.818. The van der Waals surface area contributed by atoms with Crippen molar-refractivity contribution in [3.05, 3.63) is 11.7 Å². The van der Waals surface area contributed by atoms with Gasteiger partial charge >= 0.3 is 0 Å². The monoisotopic (exact) mass is 259 g/mol. The van der Waals surface area contributed by atoms with Gasteiger partial charge in [0.05, 0.1) is 0 Å². The molecule has 1 saturated heterocycles. The topological polar surface area (TPSA) is 74.2 Å². The smallest absolute Gasteiger partial charge is 0.229 e. The largest absolute Gasteiger partial charge is 0.370 e. The molecule has 0 aromatic carbocycles. The Kier molecular flexibility index (Phi) is 4.01. The summed E-state index contributed by atoms with van der Waals surface area (Å²) in [6, 6.07) is 0.295. The highest BCUT2D eigenvalue weighted by atomic mass is 35.5. The van der Waals surface area contributed by atoms with Crippen molar-refractivity contribution in [1.82, 2.24) is 10.1 Å². The molecular weight excluding hydrogens is 242 g/mol. The molecule has 3 atom stereocenters. The van der Waals surface area contributed by atoms with Crippen LogP contribution in [-0.4, -0.2) is 22.8 Å². The molecule has 0 bridgehead atoms. The predicted octanol–water partition coefficient (Wildman–Crippen LogP) is 1.94. The lowest BCUT2D eigenvalue weighted by Gasteiger charge is -2.03. The summed E-state index contributed by atoms with van der Waals surface area (Å²) < 4.78 is 10.8. The van der Waals surface area contributed by atoms with Gasteiger partial charge in [-0.25, -0.2) is 0 Å². The maximum atomic E-state index is 5.88. The van der Waals surface area contributed by atoms with E-state index in [-0.39, 0.29) is 18.5 Å². The third kappa shape index (κ3) is 2.61. The number of aromatic nitrogens is 2. The Bertz CT molecular complexity index is 365. The zero-order chi connectivity index (χ0) is 11.0. The molecule has 2 heterocycles. The Labute approximate surface area is 106 Å². The van der Waals surface area contributed by atoms with Crippen molar-refractivity contribution in [3.8, 4) is 0 Å². The molecule has 0 radical (unpaired) electrons. The van der Waals surface area contributed by atoms with Crippen LogP contribution in [0.1, 0.15) is 55.8 Å². The molecule has 0 amide bonds. The van der Waals surface area contributed by atoms with Crippen LogP contribution in [0.4, 0.5) is 0 Å². The second-order valence-corrected chi connectivity index (χ2v) is 4.76. The lowest BCUT2D eigenvalue weighted by Crippen LogP contribution is -2.14. The SMILES string of the molecule is Cl.NC1CCC(c2nc(C3CCCO3)no2)C1. The number of rotatable bonds is 2. The van der Waals surface area contributed by atoms with Gasteiger partial charge in [-0.2, -0.15) is 4.98 Å². The lowest BCUT2D eigenvalue weighted by atomic mass is 10.1. The zero-order valence-corrected chi connectivity index (χ0v) is 10.5. The van der Waals surface area contributed by atoms with Crippen LogP contribution in [-0.2, 0) is 4.74 Å². The van der Waals surface area contributed by atoms with E-state index in [4.69, 9.17) is 15.0 Å². The second-order valence-electron chi connectivity index (χ2n) is 4.76. The Morgan fingerprint density at radius 2 is 2.12 bits per heavy atom. The summed E-state index contributed by atoms with van der Waals surface area (Å²) in [4.78, 5) is 4.45. The van der Waals surface area contributed by atoms with Gasteiger partial charge < -0.3 is 15.0 Å². The minimum atomic E-state index is 0. The van der Waals surface area contributed by atoms with E-state index in [2.05, 4.69) is 10.1 Å². The zero-order valence-electron chi connectivity index (χ0n) is 9.67. The van der Waals surface area contributed by atoms with E-state index in [0.717, 1.165) is 44.6 Å². The standard InChI is InChI=1S/C11H17N3O2.ClH/c12-8-4-3-7(6-8)11-13-10(14-16-11)9-2-1-5-15-9;/h7-9H,1-6,12H2;1H. The van der Waals surface area contributed by atoms with E-state index in [1.807, 2.05) is 0 Å². The molecule has 2 fully saturated rings. The normalized spacial score (nSPS) is 32.6. The lowest BCUT2D eigenvalue weighted by molar-refractivity contribution is 0.103. The summed E-state index contributed by atoms with van der Waals surface area (Å²) in [5.74, 6) is 1.82. The van der Waals surface area contributed by atoms with Crippen LogP contribution in [0, 0.1) is 0 Å². The molecule has 0 spiro atoms. The molecule has 2 aliphatic rings. The van der Waals surface area contributed by atoms with Crippen molar-refractivity contribution in [2.75, 3.05) is 6.61 Å². The third-order valence-corrected chi connectivity index (χ3v) is 3.50. The van der Waals surface area contributed by atoms with Crippen molar-refractivity contribution >= 4 is 12.4 Å². The van der Waals surface area contributed by atoms with Crippen LogP contribution in [0.15, 0.2) is 4.52 Å². The third-order valence-electron chi connectivity index (χ3n) is 3.50. The van der Waals surface area contributed by atoms with Crippen LogP contribution >= 0.6 is 12.4 Å². The van der Waals surface area contributed by atoms with Gasteiger partial charge in [0.25, 0.3) is 0 Å². The van der Waals surface area contributed by atoms with Crippen molar-refractivity contribution < 1.29 is 9.26 Å². The molecule has 5 nitrogen and oxygen atoms in total. The maximum Gasteiger partial charge on any atom is 0.229 e. The Balaban J connectivity index is 0.00000108. The minimum Gasteiger partial charge on any atom is -0.370 e. The molecule has 2 N–H and O–H groups in total. The van der Waals surface area contributed by atoms with Crippen LogP contribution in [0.25, 0.3) is 0 Å². The molecule has 1 aromatic rings. The molecule has 1 aliphatic carbocycles. The first-order chi connectivity index (χ1) is 7.83. The predicted molar refractivity (Wildman–Crippen MR) is 64.0 cm³/mol. The van der Waals surface area contributed by atoms with E-state index < -0.39 is 0 Å². The fourth-order valence-electron chi connectivity index (χ4n) is 2.57. The molecule has 6 heteroatoms. The van der Waals surface area contributed by atoms with Gasteiger partial charge in [-0.3, -0.25) is 0 Å². The summed E-state index contributed by atoms with van der Waals surface area (Å²) >= 11 is 0. The highest BCUT2D eigenvalue weighted by molar-refractivity contribution is 5.85. The molecule has 1 saturated carbocycles. The van der Waals surface area contributed by atoms with Gasteiger partial charge in [0, 0.05) is 18.6 Å². The first-order valence-electron chi connectivity index (χ1n) is 6.03. The number of hydrogen-bond donors (Lipinski definition) is 1. The Hall–Kier alpha value is -0.650. The van der Waals surface area contributed by atoms with Crippen LogP contribution in [0.3, 0.4) is 0 Å². The first-order valence-corrected chi connectivity index (χ1v) is 6.03. The van der Waals surface area contributed by atoms with Crippen molar-refractivity contribution in [2.24, 2.45) is 5.73 Å². The summed E-state index contributed by atoms with van der Waals surface area (Å²) in [7, 11) is 0. The van der Waals surface area contributed by atoms with E-state index in [0.29, 0.717) is 17.8 Å². The van der Waals surface area contributed by atoms with Crippen molar-refractivity contribution in [3.63, 3.8) is 0 Å². The van der Waals surface area contributed by atoms with E-state index in [9.17, 15) is 0 Å². The molecule has 1 aliphatic heterocycles. The Morgan fingerprint density at radius 1 is 1.24 bits per heavy atom. The van der Waals surface area contributed by atoms with Gasteiger partial charge in [-0.05, 0) is 32.1 Å². The van der Waals surface area contributed by atoms with Crippen molar-refractivity contribution in [1.29, 1.82) is 0 Å². The molecule has 96 valence electrons. The molecular formula is C11H18ClN3O2. The number of ether oxygens (including phenoxy) is 1. The highest BCUT2D eigenvalue weighted by Gasteiger charge is 2.30. The van der Waals surface area contributed by atoms with Gasteiger partial charge in [-0.1, -0.05) is 5.16 Å². The van der Waals surface area contributed by atoms with Gasteiger partial charge in [0.1, 0.15) is 6.10 Å². The van der Waals surface area contributed by atoms with Gasteiger partial charge in [0.2, 0.25) is 11.7 Å². The summed E-state index contributed by atoms with van der Waals surface area (Å²) in [6.07, 6.45) is 5.23. The van der Waals surface area contributed by atoms with E-state index in [1.54, 1.807) is 0 Å². The van der Waals surface area contributed by atoms with Crippen molar-refractivity contribution in [2.45, 2.75) is 50.2 Å². The summed E-state index contributed by atoms with van der Waals surface area (Å²) in [5.41, 5.74) is 5.88. The van der Waals surface area contributed by atoms with Crippen LogP contribution in [0.5, 0.6) is 0 Å². The highest BCUT2D eigenvalue weighted by Crippen LogP contribution is 2.34. The fourth-order valence-corrected chi connectivity index (χ4v) is 2.57. The number of nitrogens with two attached hydrogens (primary N) is 1. The number of halogens is 1. The molecule has 3 unspecified atom stereocenters. The first kappa shape index (κ1) is 12.8. The molecule has 17 heavy (non-hydrogen) atoms. The second kappa shape index (κ2) is 5.33. The Morgan fingerprint density at radius 3 is 2.76 bits per heavy atom. The number of nitrogens with zero attached hydrogens (tertiary/aromatic N) is 2. The minimum absolute atomic E-state index is 0. The van der Waals surface area contributed by atoms with Gasteiger partial charge in [0.15, 0.2) is 0 Å². The average Bonchev–Trinajstić information content (AvgIpc) is 2.97.